The van der Waals surface area contributed by atoms with Crippen LogP contribution in [-0.2, 0) is 22.6 Å². The first-order valence-electron chi connectivity index (χ1n) is 6.66. The number of ether oxygens (including phenoxy) is 1. The first kappa shape index (κ1) is 14.0. The van der Waals surface area contributed by atoms with Crippen LogP contribution in [0, 0.1) is 0 Å². The van der Waals surface area contributed by atoms with E-state index in [0.717, 1.165) is 18.7 Å². The predicted molar refractivity (Wildman–Crippen MR) is 69.4 cm³/mol. The van der Waals surface area contributed by atoms with Crippen molar-refractivity contribution >= 4 is 5.91 Å². The zero-order valence-corrected chi connectivity index (χ0v) is 11.3. The van der Waals surface area contributed by atoms with Crippen LogP contribution in [0.15, 0.2) is 6.20 Å². The first-order valence-corrected chi connectivity index (χ1v) is 6.66. The van der Waals surface area contributed by atoms with Crippen molar-refractivity contribution in [2.45, 2.75) is 38.4 Å². The number of amides is 1. The molecule has 1 aromatic rings. The van der Waals surface area contributed by atoms with Crippen molar-refractivity contribution in [1.82, 2.24) is 25.6 Å². The molecular formula is C12H21N5O2. The third-order valence-electron chi connectivity index (χ3n) is 2.89. The topological polar surface area (TPSA) is 81.1 Å². The van der Waals surface area contributed by atoms with Crippen molar-refractivity contribution in [2.24, 2.45) is 0 Å². The molecule has 7 nitrogen and oxygen atoms in total. The van der Waals surface area contributed by atoms with Crippen molar-refractivity contribution in [3.63, 3.8) is 0 Å². The molecule has 1 aliphatic rings. The van der Waals surface area contributed by atoms with Gasteiger partial charge in [0.05, 0.1) is 11.9 Å². The molecule has 0 atom stereocenters. The van der Waals surface area contributed by atoms with Gasteiger partial charge >= 0.3 is 0 Å². The molecule has 0 aromatic carbocycles. The van der Waals surface area contributed by atoms with E-state index < -0.39 is 0 Å². The number of carbonyl (C=O) groups is 1. The highest BCUT2D eigenvalue weighted by atomic mass is 16.5. The Kier molecular flexibility index (Phi) is 5.29. The molecule has 1 aliphatic carbocycles. The van der Waals surface area contributed by atoms with Crippen molar-refractivity contribution in [2.75, 3.05) is 20.3 Å². The molecule has 106 valence electrons. The molecule has 1 saturated carbocycles. The summed E-state index contributed by atoms with van der Waals surface area (Å²) >= 11 is 0. The maximum atomic E-state index is 11.6. The van der Waals surface area contributed by atoms with Crippen LogP contribution < -0.4 is 10.6 Å². The molecule has 0 bridgehead atoms. The summed E-state index contributed by atoms with van der Waals surface area (Å²) in [5, 5.41) is 14.1. The smallest absolute Gasteiger partial charge is 0.241 e. The molecule has 1 aromatic heterocycles. The van der Waals surface area contributed by atoms with Crippen LogP contribution in [0.2, 0.25) is 0 Å². The van der Waals surface area contributed by atoms with E-state index in [2.05, 4.69) is 20.9 Å². The quantitative estimate of drug-likeness (QED) is 0.599. The molecule has 0 unspecified atom stereocenters. The molecule has 0 aliphatic heterocycles. The van der Waals surface area contributed by atoms with Gasteiger partial charge in [0.2, 0.25) is 5.91 Å². The highest BCUT2D eigenvalue weighted by Crippen LogP contribution is 2.18. The molecule has 1 heterocycles. The average Bonchev–Trinajstić information content (AvgIpc) is 3.13. The van der Waals surface area contributed by atoms with Gasteiger partial charge in [-0.3, -0.25) is 4.79 Å². The van der Waals surface area contributed by atoms with Crippen LogP contribution in [0.25, 0.3) is 0 Å². The second-order valence-electron chi connectivity index (χ2n) is 4.76. The van der Waals surface area contributed by atoms with Crippen LogP contribution in [-0.4, -0.2) is 47.2 Å². The third kappa shape index (κ3) is 5.35. The summed E-state index contributed by atoms with van der Waals surface area (Å²) in [4.78, 5) is 11.6. The summed E-state index contributed by atoms with van der Waals surface area (Å²) in [5.41, 5.74) is 0.874. The Hall–Kier alpha value is -1.47. The van der Waals surface area contributed by atoms with Gasteiger partial charge in [-0.2, -0.15) is 0 Å². The van der Waals surface area contributed by atoms with E-state index >= 15 is 0 Å². The van der Waals surface area contributed by atoms with Crippen molar-refractivity contribution in [1.29, 1.82) is 0 Å². The number of carbonyl (C=O) groups excluding carboxylic acids is 1. The lowest BCUT2D eigenvalue weighted by atomic mass is 10.4. The average molecular weight is 267 g/mol. The second kappa shape index (κ2) is 7.20. The Labute approximate surface area is 112 Å². The van der Waals surface area contributed by atoms with Gasteiger partial charge < -0.3 is 15.4 Å². The number of hydrogen-bond acceptors (Lipinski definition) is 5. The van der Waals surface area contributed by atoms with Gasteiger partial charge in [-0.25, -0.2) is 4.68 Å². The Balaban J connectivity index is 1.64. The highest BCUT2D eigenvalue weighted by Gasteiger charge is 2.20. The molecular weight excluding hydrogens is 246 g/mol. The van der Waals surface area contributed by atoms with Crippen molar-refractivity contribution in [3.8, 4) is 0 Å². The van der Waals surface area contributed by atoms with Gasteiger partial charge in [-0.05, 0) is 19.3 Å². The number of rotatable bonds is 9. The minimum absolute atomic E-state index is 0.0531. The maximum Gasteiger partial charge on any atom is 0.241 e. The van der Waals surface area contributed by atoms with Gasteiger partial charge in [0, 0.05) is 32.8 Å². The number of nitrogens with one attached hydrogen (secondary N) is 2. The Morgan fingerprint density at radius 3 is 3.16 bits per heavy atom. The molecule has 0 spiro atoms. The third-order valence-corrected chi connectivity index (χ3v) is 2.89. The maximum absolute atomic E-state index is 11.6. The summed E-state index contributed by atoms with van der Waals surface area (Å²) in [6, 6.07) is 0.647. The minimum Gasteiger partial charge on any atom is -0.385 e. The highest BCUT2D eigenvalue weighted by molar-refractivity contribution is 5.75. The van der Waals surface area contributed by atoms with Gasteiger partial charge in [0.15, 0.2) is 0 Å². The van der Waals surface area contributed by atoms with Crippen LogP contribution in [0.5, 0.6) is 0 Å². The van der Waals surface area contributed by atoms with E-state index in [9.17, 15) is 4.79 Å². The molecule has 7 heteroatoms. The lowest BCUT2D eigenvalue weighted by molar-refractivity contribution is -0.121. The minimum atomic E-state index is -0.0531. The van der Waals surface area contributed by atoms with Crippen LogP contribution in [0.3, 0.4) is 0 Å². The van der Waals surface area contributed by atoms with Gasteiger partial charge in [-0.15, -0.1) is 5.10 Å². The molecule has 19 heavy (non-hydrogen) atoms. The van der Waals surface area contributed by atoms with E-state index in [1.165, 1.54) is 12.8 Å². The molecule has 0 radical (unpaired) electrons. The van der Waals surface area contributed by atoms with E-state index in [4.69, 9.17) is 4.74 Å². The van der Waals surface area contributed by atoms with Crippen LogP contribution >= 0.6 is 0 Å². The van der Waals surface area contributed by atoms with Gasteiger partial charge in [0.25, 0.3) is 0 Å². The summed E-state index contributed by atoms with van der Waals surface area (Å²) < 4.78 is 6.48. The van der Waals surface area contributed by atoms with Crippen molar-refractivity contribution in [3.05, 3.63) is 11.9 Å². The summed E-state index contributed by atoms with van der Waals surface area (Å²) in [5.74, 6) is -0.0531. The summed E-state index contributed by atoms with van der Waals surface area (Å²) in [7, 11) is 1.65. The molecule has 0 saturated heterocycles. The fourth-order valence-electron chi connectivity index (χ4n) is 1.68. The summed E-state index contributed by atoms with van der Waals surface area (Å²) in [6.45, 7) is 2.21. The zero-order valence-electron chi connectivity index (χ0n) is 11.3. The second-order valence-corrected chi connectivity index (χ2v) is 4.76. The fraction of sp³-hybridized carbons (Fsp3) is 0.750. The molecule has 2 rings (SSSR count). The van der Waals surface area contributed by atoms with E-state index in [0.29, 0.717) is 19.2 Å². The monoisotopic (exact) mass is 267 g/mol. The normalized spacial score (nSPS) is 14.6. The lowest BCUT2D eigenvalue weighted by Gasteiger charge is -2.04. The van der Waals surface area contributed by atoms with Crippen molar-refractivity contribution < 1.29 is 9.53 Å². The number of nitrogens with zero attached hydrogens (tertiary/aromatic N) is 3. The first-order chi connectivity index (χ1) is 9.28. The Morgan fingerprint density at radius 2 is 2.42 bits per heavy atom. The number of methoxy groups -OCH3 is 1. The molecule has 1 fully saturated rings. The van der Waals surface area contributed by atoms with Gasteiger partial charge in [0.1, 0.15) is 6.54 Å². The largest absolute Gasteiger partial charge is 0.385 e. The lowest BCUT2D eigenvalue weighted by Crippen LogP contribution is -2.29. The Bertz CT molecular complexity index is 403. The van der Waals surface area contributed by atoms with E-state index in [1.807, 2.05) is 6.20 Å². The molecule has 2 N–H and O–H groups in total. The fourth-order valence-corrected chi connectivity index (χ4v) is 1.68. The van der Waals surface area contributed by atoms with Crippen LogP contribution in [0.4, 0.5) is 0 Å². The van der Waals surface area contributed by atoms with Gasteiger partial charge in [-0.1, -0.05) is 5.21 Å². The zero-order chi connectivity index (χ0) is 13.5. The Morgan fingerprint density at radius 1 is 1.58 bits per heavy atom. The summed E-state index contributed by atoms with van der Waals surface area (Å²) in [6.07, 6.45) is 5.12. The van der Waals surface area contributed by atoms with E-state index in [-0.39, 0.29) is 12.5 Å². The number of hydrogen-bond donors (Lipinski definition) is 2. The molecule has 1 amide bonds. The predicted octanol–water partition coefficient (Wildman–Crippen LogP) is -0.317. The SMILES string of the molecule is COCCCNC(=O)Cn1cc(CNC2CC2)nn1. The standard InChI is InChI=1S/C12H21N5O2/c1-19-6-2-5-13-12(18)9-17-8-11(15-16-17)7-14-10-3-4-10/h8,10,14H,2-7,9H2,1H3,(H,13,18). The van der Waals surface area contributed by atoms with E-state index in [1.54, 1.807) is 11.8 Å². The number of aromatic nitrogens is 3. The van der Waals surface area contributed by atoms with Crippen LogP contribution in [0.1, 0.15) is 25.0 Å².